The quantitative estimate of drug-likeness (QED) is 0.856. The molecule has 26 heavy (non-hydrogen) atoms. The number of carbonyl (C=O) groups is 3. The van der Waals surface area contributed by atoms with Crippen molar-refractivity contribution in [2.45, 2.75) is 24.9 Å². The summed E-state index contributed by atoms with van der Waals surface area (Å²) in [5, 5.41) is 5.84. The Morgan fingerprint density at radius 3 is 2.77 bits per heavy atom. The summed E-state index contributed by atoms with van der Waals surface area (Å²) in [7, 11) is 1.81. The zero-order valence-corrected chi connectivity index (χ0v) is 14.4. The molecule has 1 fully saturated rings. The summed E-state index contributed by atoms with van der Waals surface area (Å²) in [4.78, 5) is 39.5. The lowest BCUT2D eigenvalue weighted by Crippen LogP contribution is -2.55. The number of nitrogens with one attached hydrogen (secondary N) is 2. The fourth-order valence-electron chi connectivity index (χ4n) is 3.69. The number of anilines is 1. The van der Waals surface area contributed by atoms with Gasteiger partial charge in [0.25, 0.3) is 11.8 Å². The minimum absolute atomic E-state index is 0.142. The number of carbonyl (C=O) groups excluding carboxylic acids is 3. The fraction of sp³-hybridized carbons (Fsp3) is 0.316. The number of amides is 3. The Kier molecular flexibility index (Phi) is 3.99. The van der Waals surface area contributed by atoms with Gasteiger partial charge in [-0.25, -0.2) is 0 Å². The molecule has 3 heterocycles. The highest BCUT2D eigenvalue weighted by Crippen LogP contribution is 2.28. The standard InChI is InChI=1S/C19H20N4O3/c1-22-9-4-7-15(22)17(24)20-12-8-10-23-16(11-12)18(25)21-14-6-3-2-5-13(14)19(23)26/h2-7,9,12,16H,8,10-11H2,1H3,(H,20,24)(H,21,25)/t12-,16-/m0/s1. The highest BCUT2D eigenvalue weighted by molar-refractivity contribution is 6.10. The van der Waals surface area contributed by atoms with E-state index in [1.54, 1.807) is 39.8 Å². The fourth-order valence-corrected chi connectivity index (χ4v) is 3.69. The van der Waals surface area contributed by atoms with E-state index in [0.29, 0.717) is 36.3 Å². The van der Waals surface area contributed by atoms with E-state index in [1.807, 2.05) is 19.3 Å². The van der Waals surface area contributed by atoms with E-state index in [0.717, 1.165) is 0 Å². The number of hydrogen-bond acceptors (Lipinski definition) is 3. The molecule has 2 aliphatic rings. The van der Waals surface area contributed by atoms with Crippen molar-refractivity contribution in [2.24, 2.45) is 7.05 Å². The third kappa shape index (κ3) is 2.75. The Bertz CT molecular complexity index is 888. The van der Waals surface area contributed by atoms with Crippen LogP contribution in [0.2, 0.25) is 0 Å². The van der Waals surface area contributed by atoms with Crippen LogP contribution < -0.4 is 10.6 Å². The summed E-state index contributed by atoms with van der Waals surface area (Å²) in [6.07, 6.45) is 2.84. The van der Waals surface area contributed by atoms with E-state index >= 15 is 0 Å². The molecule has 2 aromatic rings. The molecule has 7 heteroatoms. The molecule has 1 aromatic heterocycles. The van der Waals surface area contributed by atoms with Crippen LogP contribution >= 0.6 is 0 Å². The molecule has 4 rings (SSSR count). The van der Waals surface area contributed by atoms with E-state index < -0.39 is 6.04 Å². The van der Waals surface area contributed by atoms with Crippen LogP contribution in [-0.2, 0) is 11.8 Å². The van der Waals surface area contributed by atoms with Gasteiger partial charge in [0, 0.05) is 25.8 Å². The summed E-state index contributed by atoms with van der Waals surface area (Å²) in [5.41, 5.74) is 1.62. The normalized spacial score (nSPS) is 22.1. The monoisotopic (exact) mass is 352 g/mol. The van der Waals surface area contributed by atoms with Gasteiger partial charge >= 0.3 is 0 Å². The summed E-state index contributed by atoms with van der Waals surface area (Å²) in [6, 6.07) is 9.87. The number of hydrogen-bond donors (Lipinski definition) is 2. The molecule has 2 atom stereocenters. The molecule has 2 N–H and O–H groups in total. The molecule has 3 amide bonds. The van der Waals surface area contributed by atoms with Crippen LogP contribution in [0.4, 0.5) is 5.69 Å². The second kappa shape index (κ2) is 6.33. The first-order chi connectivity index (χ1) is 12.5. The van der Waals surface area contributed by atoms with Crippen LogP contribution in [0.1, 0.15) is 33.7 Å². The van der Waals surface area contributed by atoms with E-state index in [9.17, 15) is 14.4 Å². The van der Waals surface area contributed by atoms with Crippen molar-refractivity contribution in [3.05, 3.63) is 53.9 Å². The third-order valence-corrected chi connectivity index (χ3v) is 5.09. The maximum Gasteiger partial charge on any atom is 0.268 e. The first-order valence-corrected chi connectivity index (χ1v) is 8.67. The predicted octanol–water partition coefficient (Wildman–Crippen LogP) is 1.38. The molecule has 0 unspecified atom stereocenters. The smallest absolute Gasteiger partial charge is 0.268 e. The molecule has 0 saturated carbocycles. The molecule has 134 valence electrons. The second-order valence-electron chi connectivity index (χ2n) is 6.75. The first-order valence-electron chi connectivity index (χ1n) is 8.67. The van der Waals surface area contributed by atoms with Crippen LogP contribution in [0.25, 0.3) is 0 Å². The molecule has 0 aliphatic carbocycles. The van der Waals surface area contributed by atoms with Gasteiger partial charge < -0.3 is 20.1 Å². The number of benzene rings is 1. The van der Waals surface area contributed by atoms with E-state index in [-0.39, 0.29) is 23.8 Å². The van der Waals surface area contributed by atoms with Crippen LogP contribution in [0.15, 0.2) is 42.6 Å². The highest BCUT2D eigenvalue weighted by Gasteiger charge is 2.40. The summed E-state index contributed by atoms with van der Waals surface area (Å²) >= 11 is 0. The van der Waals surface area contributed by atoms with Crippen LogP contribution in [-0.4, -0.2) is 45.8 Å². The van der Waals surface area contributed by atoms with E-state index in [2.05, 4.69) is 10.6 Å². The van der Waals surface area contributed by atoms with Crippen molar-refractivity contribution in [2.75, 3.05) is 11.9 Å². The van der Waals surface area contributed by atoms with Crippen LogP contribution in [0, 0.1) is 0 Å². The maximum atomic E-state index is 12.8. The number of fused-ring (bicyclic) bond motifs is 2. The number of piperidine rings is 1. The molecule has 7 nitrogen and oxygen atoms in total. The Hall–Kier alpha value is -3.09. The lowest BCUT2D eigenvalue weighted by atomic mass is 9.96. The molecule has 1 aromatic carbocycles. The molecular weight excluding hydrogens is 332 g/mol. The van der Waals surface area contributed by atoms with Gasteiger partial charge in [-0.1, -0.05) is 12.1 Å². The Morgan fingerprint density at radius 1 is 1.19 bits per heavy atom. The van der Waals surface area contributed by atoms with Gasteiger partial charge in [-0.15, -0.1) is 0 Å². The number of aryl methyl sites for hydroxylation is 1. The lowest BCUT2D eigenvalue weighted by Gasteiger charge is -2.37. The second-order valence-corrected chi connectivity index (χ2v) is 6.75. The molecule has 0 spiro atoms. The summed E-state index contributed by atoms with van der Waals surface area (Å²) < 4.78 is 1.75. The van der Waals surface area contributed by atoms with E-state index in [4.69, 9.17) is 0 Å². The largest absolute Gasteiger partial charge is 0.348 e. The van der Waals surface area contributed by atoms with Gasteiger partial charge in [0.15, 0.2) is 0 Å². The summed E-state index contributed by atoms with van der Waals surface area (Å²) in [5.74, 6) is -0.517. The molecule has 0 bridgehead atoms. The topological polar surface area (TPSA) is 83.4 Å². The van der Waals surface area contributed by atoms with Gasteiger partial charge in [-0.3, -0.25) is 14.4 Å². The molecule has 2 aliphatic heterocycles. The first kappa shape index (κ1) is 16.4. The van der Waals surface area contributed by atoms with Crippen molar-refractivity contribution in [1.29, 1.82) is 0 Å². The molecule has 0 radical (unpaired) electrons. The Morgan fingerprint density at radius 2 is 2.00 bits per heavy atom. The van der Waals surface area contributed by atoms with Gasteiger partial charge in [0.1, 0.15) is 11.7 Å². The lowest BCUT2D eigenvalue weighted by molar-refractivity contribution is -0.121. The molecular formula is C19H20N4O3. The highest BCUT2D eigenvalue weighted by atomic mass is 16.2. The zero-order valence-electron chi connectivity index (χ0n) is 14.4. The zero-order chi connectivity index (χ0) is 18.3. The van der Waals surface area contributed by atoms with Crippen molar-refractivity contribution in [1.82, 2.24) is 14.8 Å². The van der Waals surface area contributed by atoms with Crippen molar-refractivity contribution in [3.63, 3.8) is 0 Å². The van der Waals surface area contributed by atoms with Crippen LogP contribution in [0.3, 0.4) is 0 Å². The number of aromatic nitrogens is 1. The van der Waals surface area contributed by atoms with Crippen molar-refractivity contribution in [3.8, 4) is 0 Å². The average Bonchev–Trinajstić information content (AvgIpc) is 3.03. The minimum atomic E-state index is -0.581. The summed E-state index contributed by atoms with van der Waals surface area (Å²) in [6.45, 7) is 0.434. The van der Waals surface area contributed by atoms with Crippen molar-refractivity contribution >= 4 is 23.4 Å². The van der Waals surface area contributed by atoms with Gasteiger partial charge in [0.05, 0.1) is 11.3 Å². The van der Waals surface area contributed by atoms with Gasteiger partial charge in [-0.2, -0.15) is 0 Å². The SMILES string of the molecule is Cn1cccc1C(=O)N[C@H]1CCN2C(=O)c3ccccc3NC(=O)[C@@H]2C1. The third-order valence-electron chi connectivity index (χ3n) is 5.09. The molecule has 1 saturated heterocycles. The average molecular weight is 352 g/mol. The minimum Gasteiger partial charge on any atom is -0.348 e. The van der Waals surface area contributed by atoms with E-state index in [1.165, 1.54) is 0 Å². The number of para-hydroxylation sites is 1. The number of nitrogens with zero attached hydrogens (tertiary/aromatic N) is 2. The van der Waals surface area contributed by atoms with Gasteiger partial charge in [0.2, 0.25) is 5.91 Å². The van der Waals surface area contributed by atoms with Crippen LogP contribution in [0.5, 0.6) is 0 Å². The number of rotatable bonds is 2. The Balaban J connectivity index is 1.52. The van der Waals surface area contributed by atoms with Gasteiger partial charge in [-0.05, 0) is 37.1 Å². The predicted molar refractivity (Wildman–Crippen MR) is 95.8 cm³/mol. The van der Waals surface area contributed by atoms with Crippen molar-refractivity contribution < 1.29 is 14.4 Å². The Labute approximate surface area is 151 Å². The maximum absolute atomic E-state index is 12.8.